The van der Waals surface area contributed by atoms with Gasteiger partial charge in [-0.25, -0.2) is 0 Å². The molecule has 86 valence electrons. The molecule has 2 rings (SSSR count). The summed E-state index contributed by atoms with van der Waals surface area (Å²) in [5.74, 6) is 0.255. The highest BCUT2D eigenvalue weighted by molar-refractivity contribution is 6.01. The molecule has 1 unspecified atom stereocenters. The normalized spacial score (nSPS) is 24.6. The van der Waals surface area contributed by atoms with E-state index < -0.39 is 0 Å². The lowest BCUT2D eigenvalue weighted by Gasteiger charge is -2.25. The molecule has 1 aliphatic heterocycles. The molecule has 1 N–H and O–H groups in total. The molecular formula is C13H18N2O. The Morgan fingerprint density at radius 3 is 3.00 bits per heavy atom. The average Bonchev–Trinajstić information content (AvgIpc) is 2.78. The minimum Gasteiger partial charge on any atom is -0.316 e. The number of nitrogens with zero attached hydrogens (tertiary/aromatic N) is 1. The second kappa shape index (κ2) is 4.34. The number of hydrogen-bond donors (Lipinski definition) is 1. The molecule has 1 atom stereocenters. The van der Waals surface area contributed by atoms with Gasteiger partial charge in [-0.15, -0.1) is 0 Å². The first-order chi connectivity index (χ1) is 7.69. The zero-order valence-corrected chi connectivity index (χ0v) is 9.92. The summed E-state index contributed by atoms with van der Waals surface area (Å²) in [7, 11) is 0. The quantitative estimate of drug-likeness (QED) is 0.789. The summed E-state index contributed by atoms with van der Waals surface area (Å²) in [6, 6.07) is 1.90. The van der Waals surface area contributed by atoms with Gasteiger partial charge >= 0.3 is 0 Å². The molecule has 1 saturated heterocycles. The van der Waals surface area contributed by atoms with E-state index in [4.69, 9.17) is 0 Å². The SMILES string of the molecule is CCC1(C(=O)c2cnccc2C)CCNC1. The Balaban J connectivity index is 2.34. The maximum atomic E-state index is 12.5. The molecule has 1 aliphatic rings. The van der Waals surface area contributed by atoms with Crippen molar-refractivity contribution in [2.45, 2.75) is 26.7 Å². The monoisotopic (exact) mass is 218 g/mol. The predicted molar refractivity (Wildman–Crippen MR) is 63.5 cm³/mol. The second-order valence-electron chi connectivity index (χ2n) is 4.58. The summed E-state index contributed by atoms with van der Waals surface area (Å²) in [6.07, 6.45) is 5.27. The highest BCUT2D eigenvalue weighted by Crippen LogP contribution is 2.33. The van der Waals surface area contributed by atoms with Crippen LogP contribution in [0.3, 0.4) is 0 Å². The highest BCUT2D eigenvalue weighted by Gasteiger charge is 2.40. The first-order valence-electron chi connectivity index (χ1n) is 5.86. The van der Waals surface area contributed by atoms with Crippen molar-refractivity contribution in [2.24, 2.45) is 5.41 Å². The summed E-state index contributed by atoms with van der Waals surface area (Å²) in [6.45, 7) is 5.81. The molecule has 16 heavy (non-hydrogen) atoms. The van der Waals surface area contributed by atoms with Crippen molar-refractivity contribution in [3.8, 4) is 0 Å². The molecule has 0 aliphatic carbocycles. The summed E-state index contributed by atoms with van der Waals surface area (Å²) in [4.78, 5) is 16.6. The maximum Gasteiger partial charge on any atom is 0.172 e. The maximum absolute atomic E-state index is 12.5. The number of Topliss-reactive ketones (excluding diaryl/α,β-unsaturated/α-hetero) is 1. The number of aryl methyl sites for hydroxylation is 1. The van der Waals surface area contributed by atoms with Gasteiger partial charge in [-0.1, -0.05) is 6.92 Å². The second-order valence-corrected chi connectivity index (χ2v) is 4.58. The van der Waals surface area contributed by atoms with Crippen LogP contribution in [0.4, 0.5) is 0 Å². The van der Waals surface area contributed by atoms with E-state index in [0.29, 0.717) is 0 Å². The number of rotatable bonds is 3. The van der Waals surface area contributed by atoms with Gasteiger partial charge in [0, 0.05) is 29.9 Å². The van der Waals surface area contributed by atoms with E-state index >= 15 is 0 Å². The van der Waals surface area contributed by atoms with Crippen molar-refractivity contribution < 1.29 is 4.79 Å². The third kappa shape index (κ3) is 1.76. The zero-order valence-electron chi connectivity index (χ0n) is 9.92. The largest absolute Gasteiger partial charge is 0.316 e. The molecule has 0 spiro atoms. The van der Waals surface area contributed by atoms with Crippen LogP contribution in [0.15, 0.2) is 18.5 Å². The Hall–Kier alpha value is -1.22. The number of ketones is 1. The number of carbonyl (C=O) groups excluding carboxylic acids is 1. The topological polar surface area (TPSA) is 42.0 Å². The van der Waals surface area contributed by atoms with Crippen LogP contribution < -0.4 is 5.32 Å². The van der Waals surface area contributed by atoms with Gasteiger partial charge in [-0.2, -0.15) is 0 Å². The summed E-state index contributed by atoms with van der Waals surface area (Å²) >= 11 is 0. The van der Waals surface area contributed by atoms with Gasteiger partial charge < -0.3 is 5.32 Å². The van der Waals surface area contributed by atoms with Crippen molar-refractivity contribution in [2.75, 3.05) is 13.1 Å². The Morgan fingerprint density at radius 2 is 2.44 bits per heavy atom. The fourth-order valence-electron chi connectivity index (χ4n) is 2.39. The molecule has 3 nitrogen and oxygen atoms in total. The van der Waals surface area contributed by atoms with Crippen LogP contribution in [0.1, 0.15) is 35.7 Å². The van der Waals surface area contributed by atoms with Crippen LogP contribution in [-0.4, -0.2) is 23.9 Å². The molecule has 1 aromatic rings. The summed E-state index contributed by atoms with van der Waals surface area (Å²) in [5.41, 5.74) is 1.61. The fourth-order valence-corrected chi connectivity index (χ4v) is 2.39. The number of hydrogen-bond acceptors (Lipinski definition) is 3. The molecule has 1 fully saturated rings. The van der Waals surface area contributed by atoms with Crippen LogP contribution in [0.25, 0.3) is 0 Å². The average molecular weight is 218 g/mol. The highest BCUT2D eigenvalue weighted by atomic mass is 16.1. The minimum absolute atomic E-state index is 0.201. The third-order valence-corrected chi connectivity index (χ3v) is 3.69. The van der Waals surface area contributed by atoms with Gasteiger partial charge in [-0.05, 0) is 37.9 Å². The first-order valence-corrected chi connectivity index (χ1v) is 5.86. The van der Waals surface area contributed by atoms with Crippen LogP contribution in [0.5, 0.6) is 0 Å². The van der Waals surface area contributed by atoms with E-state index in [1.165, 1.54) is 0 Å². The van der Waals surface area contributed by atoms with E-state index in [0.717, 1.165) is 37.1 Å². The van der Waals surface area contributed by atoms with Gasteiger partial charge in [0.15, 0.2) is 5.78 Å². The Kier molecular flexibility index (Phi) is 3.06. The first kappa shape index (κ1) is 11.3. The van der Waals surface area contributed by atoms with Crippen molar-refractivity contribution in [3.63, 3.8) is 0 Å². The summed E-state index contributed by atoms with van der Waals surface area (Å²) in [5, 5.41) is 3.29. The molecule has 2 heterocycles. The van der Waals surface area contributed by atoms with E-state index in [-0.39, 0.29) is 11.2 Å². The van der Waals surface area contributed by atoms with Crippen molar-refractivity contribution in [1.29, 1.82) is 0 Å². The Morgan fingerprint density at radius 1 is 1.62 bits per heavy atom. The Labute approximate surface area is 96.3 Å². The molecule has 0 aromatic carbocycles. The molecule has 0 amide bonds. The van der Waals surface area contributed by atoms with Gasteiger partial charge in [0.1, 0.15) is 0 Å². The Bertz CT molecular complexity index is 395. The van der Waals surface area contributed by atoms with Gasteiger partial charge in [0.25, 0.3) is 0 Å². The van der Waals surface area contributed by atoms with Gasteiger partial charge in [0.2, 0.25) is 0 Å². The van der Waals surface area contributed by atoms with Crippen LogP contribution >= 0.6 is 0 Å². The number of pyridine rings is 1. The third-order valence-electron chi connectivity index (χ3n) is 3.69. The number of nitrogens with one attached hydrogen (secondary N) is 1. The number of aromatic nitrogens is 1. The fraction of sp³-hybridized carbons (Fsp3) is 0.538. The van der Waals surface area contributed by atoms with Crippen LogP contribution in [0.2, 0.25) is 0 Å². The molecule has 1 aromatic heterocycles. The van der Waals surface area contributed by atoms with Crippen LogP contribution in [-0.2, 0) is 0 Å². The lowest BCUT2D eigenvalue weighted by atomic mass is 9.77. The molecule has 0 saturated carbocycles. The lowest BCUT2D eigenvalue weighted by Crippen LogP contribution is -2.33. The standard InChI is InChI=1S/C13H18N2O/c1-3-13(5-7-15-9-13)12(16)11-8-14-6-4-10(11)2/h4,6,8,15H,3,5,7,9H2,1-2H3. The van der Waals surface area contributed by atoms with Gasteiger partial charge in [0.05, 0.1) is 0 Å². The smallest absolute Gasteiger partial charge is 0.172 e. The number of carbonyl (C=O) groups is 1. The lowest BCUT2D eigenvalue weighted by molar-refractivity contribution is 0.0809. The summed E-state index contributed by atoms with van der Waals surface area (Å²) < 4.78 is 0. The van der Waals surface area contributed by atoms with Crippen LogP contribution in [0, 0.1) is 12.3 Å². The minimum atomic E-state index is -0.201. The predicted octanol–water partition coefficient (Wildman–Crippen LogP) is 1.96. The molecule has 0 bridgehead atoms. The van der Waals surface area contributed by atoms with E-state index in [9.17, 15) is 4.79 Å². The van der Waals surface area contributed by atoms with Crippen molar-refractivity contribution in [3.05, 3.63) is 29.6 Å². The zero-order chi connectivity index (χ0) is 11.6. The molecular weight excluding hydrogens is 200 g/mol. The van der Waals surface area contributed by atoms with Gasteiger partial charge in [-0.3, -0.25) is 9.78 Å². The van der Waals surface area contributed by atoms with E-state index in [1.54, 1.807) is 12.4 Å². The molecule has 0 radical (unpaired) electrons. The molecule has 3 heteroatoms. The van der Waals surface area contributed by atoms with E-state index in [2.05, 4.69) is 17.2 Å². The van der Waals surface area contributed by atoms with Crippen molar-refractivity contribution in [1.82, 2.24) is 10.3 Å². The van der Waals surface area contributed by atoms with Crippen molar-refractivity contribution >= 4 is 5.78 Å². The van der Waals surface area contributed by atoms with E-state index in [1.807, 2.05) is 13.0 Å².